The SMILES string of the molecule is CCN(CCC1CCNC1)c1cccc2ccccc12. The Labute approximate surface area is 121 Å². The van der Waals surface area contributed by atoms with Crippen molar-refractivity contribution in [2.75, 3.05) is 31.1 Å². The van der Waals surface area contributed by atoms with Gasteiger partial charge in [-0.15, -0.1) is 0 Å². The molecule has 0 bridgehead atoms. The molecular weight excluding hydrogens is 244 g/mol. The molecule has 3 rings (SSSR count). The Morgan fingerprint density at radius 1 is 1.15 bits per heavy atom. The van der Waals surface area contributed by atoms with Gasteiger partial charge in [-0.3, -0.25) is 0 Å². The lowest BCUT2D eigenvalue weighted by atomic mass is 10.0. The summed E-state index contributed by atoms with van der Waals surface area (Å²) in [7, 11) is 0. The Balaban J connectivity index is 1.79. The Morgan fingerprint density at radius 2 is 2.00 bits per heavy atom. The highest BCUT2D eigenvalue weighted by Crippen LogP contribution is 2.27. The second-order valence-corrected chi connectivity index (χ2v) is 5.73. The zero-order valence-electron chi connectivity index (χ0n) is 12.3. The minimum absolute atomic E-state index is 0.860. The van der Waals surface area contributed by atoms with E-state index in [-0.39, 0.29) is 0 Å². The fourth-order valence-electron chi connectivity index (χ4n) is 3.23. The second-order valence-electron chi connectivity index (χ2n) is 5.73. The molecule has 1 unspecified atom stereocenters. The molecule has 1 heterocycles. The van der Waals surface area contributed by atoms with Crippen LogP contribution in [-0.4, -0.2) is 26.2 Å². The molecule has 2 aromatic carbocycles. The van der Waals surface area contributed by atoms with Crippen molar-refractivity contribution >= 4 is 16.5 Å². The van der Waals surface area contributed by atoms with Crippen LogP contribution in [0.5, 0.6) is 0 Å². The number of rotatable bonds is 5. The first-order valence-electron chi connectivity index (χ1n) is 7.82. The van der Waals surface area contributed by atoms with Gasteiger partial charge < -0.3 is 10.2 Å². The first-order valence-corrected chi connectivity index (χ1v) is 7.82. The van der Waals surface area contributed by atoms with E-state index in [0.717, 1.165) is 19.0 Å². The summed E-state index contributed by atoms with van der Waals surface area (Å²) in [6, 6.07) is 15.3. The van der Waals surface area contributed by atoms with Gasteiger partial charge in [-0.1, -0.05) is 36.4 Å². The van der Waals surface area contributed by atoms with Crippen LogP contribution >= 0.6 is 0 Å². The third kappa shape index (κ3) is 2.80. The van der Waals surface area contributed by atoms with Crippen LogP contribution in [-0.2, 0) is 0 Å². The first-order chi connectivity index (χ1) is 9.88. The zero-order chi connectivity index (χ0) is 13.8. The molecule has 0 spiro atoms. The Hall–Kier alpha value is -1.54. The van der Waals surface area contributed by atoms with Crippen LogP contribution in [0.15, 0.2) is 42.5 Å². The highest BCUT2D eigenvalue weighted by Gasteiger charge is 2.16. The third-order valence-corrected chi connectivity index (χ3v) is 4.46. The molecule has 2 nitrogen and oxygen atoms in total. The van der Waals surface area contributed by atoms with E-state index < -0.39 is 0 Å². The van der Waals surface area contributed by atoms with Crippen molar-refractivity contribution < 1.29 is 0 Å². The van der Waals surface area contributed by atoms with E-state index in [0.29, 0.717) is 0 Å². The molecule has 1 saturated heterocycles. The summed E-state index contributed by atoms with van der Waals surface area (Å²) in [5, 5.41) is 6.18. The van der Waals surface area contributed by atoms with Gasteiger partial charge in [-0.2, -0.15) is 0 Å². The quantitative estimate of drug-likeness (QED) is 0.890. The zero-order valence-corrected chi connectivity index (χ0v) is 12.3. The molecule has 1 fully saturated rings. The number of fused-ring (bicyclic) bond motifs is 1. The van der Waals surface area contributed by atoms with Crippen molar-refractivity contribution in [1.82, 2.24) is 5.32 Å². The maximum Gasteiger partial charge on any atom is 0.0445 e. The van der Waals surface area contributed by atoms with Crippen molar-refractivity contribution in [3.05, 3.63) is 42.5 Å². The molecule has 1 N–H and O–H groups in total. The molecule has 2 aromatic rings. The lowest BCUT2D eigenvalue weighted by Crippen LogP contribution is -2.26. The lowest BCUT2D eigenvalue weighted by Gasteiger charge is -2.26. The average molecular weight is 268 g/mol. The van der Waals surface area contributed by atoms with Crippen molar-refractivity contribution in [3.63, 3.8) is 0 Å². The summed E-state index contributed by atoms with van der Waals surface area (Å²) in [4.78, 5) is 2.53. The van der Waals surface area contributed by atoms with Gasteiger partial charge in [0, 0.05) is 24.2 Å². The summed E-state index contributed by atoms with van der Waals surface area (Å²) in [6.07, 6.45) is 2.64. The van der Waals surface area contributed by atoms with E-state index in [9.17, 15) is 0 Å². The normalized spacial score (nSPS) is 18.6. The first kappa shape index (κ1) is 13.4. The van der Waals surface area contributed by atoms with Gasteiger partial charge in [0.05, 0.1) is 0 Å². The Kier molecular flexibility index (Phi) is 4.22. The number of hydrogen-bond acceptors (Lipinski definition) is 2. The third-order valence-electron chi connectivity index (χ3n) is 4.46. The molecule has 106 valence electrons. The molecular formula is C18H24N2. The maximum atomic E-state index is 3.46. The smallest absolute Gasteiger partial charge is 0.0445 e. The van der Waals surface area contributed by atoms with Gasteiger partial charge in [0.1, 0.15) is 0 Å². The summed E-state index contributed by atoms with van der Waals surface area (Å²) in [5.74, 6) is 0.860. The molecule has 0 aliphatic carbocycles. The van der Waals surface area contributed by atoms with Gasteiger partial charge in [-0.25, -0.2) is 0 Å². The van der Waals surface area contributed by atoms with Crippen molar-refractivity contribution in [2.24, 2.45) is 5.92 Å². The van der Waals surface area contributed by atoms with Gasteiger partial charge in [-0.05, 0) is 50.2 Å². The van der Waals surface area contributed by atoms with E-state index in [1.165, 1.54) is 42.4 Å². The molecule has 0 saturated carbocycles. The molecule has 2 heteroatoms. The highest BCUT2D eigenvalue weighted by molar-refractivity contribution is 5.94. The number of anilines is 1. The van der Waals surface area contributed by atoms with Gasteiger partial charge in [0.2, 0.25) is 0 Å². The van der Waals surface area contributed by atoms with E-state index in [1.807, 2.05) is 0 Å². The van der Waals surface area contributed by atoms with Crippen LogP contribution in [0.2, 0.25) is 0 Å². The lowest BCUT2D eigenvalue weighted by molar-refractivity contribution is 0.528. The molecule has 1 aliphatic heterocycles. The van der Waals surface area contributed by atoms with E-state index in [4.69, 9.17) is 0 Å². The van der Waals surface area contributed by atoms with E-state index >= 15 is 0 Å². The number of benzene rings is 2. The monoisotopic (exact) mass is 268 g/mol. The fourth-order valence-corrected chi connectivity index (χ4v) is 3.23. The fraction of sp³-hybridized carbons (Fsp3) is 0.444. The van der Waals surface area contributed by atoms with Crippen LogP contribution in [0, 0.1) is 5.92 Å². The molecule has 0 aromatic heterocycles. The number of nitrogens with one attached hydrogen (secondary N) is 1. The standard InChI is InChI=1S/C18H24N2/c1-2-20(13-11-15-10-12-19-14-15)18-9-5-7-16-6-3-4-8-17(16)18/h3-9,15,19H,2,10-14H2,1H3. The van der Waals surface area contributed by atoms with E-state index in [2.05, 4.69) is 59.6 Å². The minimum Gasteiger partial charge on any atom is -0.371 e. The van der Waals surface area contributed by atoms with Crippen molar-refractivity contribution in [2.45, 2.75) is 19.8 Å². The average Bonchev–Trinajstić information content (AvgIpc) is 3.01. The van der Waals surface area contributed by atoms with Gasteiger partial charge >= 0.3 is 0 Å². The largest absolute Gasteiger partial charge is 0.371 e. The summed E-state index contributed by atoms with van der Waals surface area (Å²) >= 11 is 0. The maximum absolute atomic E-state index is 3.46. The topological polar surface area (TPSA) is 15.3 Å². The number of nitrogens with zero attached hydrogens (tertiary/aromatic N) is 1. The highest BCUT2D eigenvalue weighted by atomic mass is 15.1. The van der Waals surface area contributed by atoms with Crippen molar-refractivity contribution in [3.8, 4) is 0 Å². The van der Waals surface area contributed by atoms with Crippen LogP contribution in [0.1, 0.15) is 19.8 Å². The molecule has 0 radical (unpaired) electrons. The predicted molar refractivity (Wildman–Crippen MR) is 87.4 cm³/mol. The summed E-state index contributed by atoms with van der Waals surface area (Å²) in [5.41, 5.74) is 1.39. The Morgan fingerprint density at radius 3 is 2.80 bits per heavy atom. The Bertz CT molecular complexity index is 553. The molecule has 1 atom stereocenters. The molecule has 1 aliphatic rings. The number of hydrogen-bond donors (Lipinski definition) is 1. The van der Waals surface area contributed by atoms with Crippen molar-refractivity contribution in [1.29, 1.82) is 0 Å². The second kappa shape index (κ2) is 6.27. The van der Waals surface area contributed by atoms with Crippen LogP contribution in [0.4, 0.5) is 5.69 Å². The summed E-state index contributed by atoms with van der Waals surface area (Å²) < 4.78 is 0. The predicted octanol–water partition coefficient (Wildman–Crippen LogP) is 3.67. The van der Waals surface area contributed by atoms with E-state index in [1.54, 1.807) is 0 Å². The van der Waals surface area contributed by atoms with Gasteiger partial charge in [0.25, 0.3) is 0 Å². The van der Waals surface area contributed by atoms with Crippen LogP contribution in [0.3, 0.4) is 0 Å². The van der Waals surface area contributed by atoms with Crippen LogP contribution in [0.25, 0.3) is 10.8 Å². The molecule has 20 heavy (non-hydrogen) atoms. The summed E-state index contributed by atoms with van der Waals surface area (Å²) in [6.45, 7) is 6.90. The minimum atomic E-state index is 0.860. The van der Waals surface area contributed by atoms with Gasteiger partial charge in [0.15, 0.2) is 0 Å². The van der Waals surface area contributed by atoms with Crippen LogP contribution < -0.4 is 10.2 Å². The molecule has 0 amide bonds.